The summed E-state index contributed by atoms with van der Waals surface area (Å²) >= 11 is 0. The molecule has 7 heteroatoms. The average Bonchev–Trinajstić information content (AvgIpc) is 2.72. The van der Waals surface area contributed by atoms with Gasteiger partial charge in [-0.1, -0.05) is 13.8 Å². The number of anilines is 1. The van der Waals surface area contributed by atoms with Gasteiger partial charge in [0.25, 0.3) is 0 Å². The number of carbonyl (C=O) groups is 2. The lowest BCUT2D eigenvalue weighted by Crippen LogP contribution is -2.43. The number of carbonyl (C=O) groups excluding carboxylic acids is 2. The molecule has 0 unspecified atom stereocenters. The van der Waals surface area contributed by atoms with Crippen LogP contribution in [0.4, 0.5) is 5.69 Å². The second-order valence-electron chi connectivity index (χ2n) is 6.85. The van der Waals surface area contributed by atoms with Crippen molar-refractivity contribution >= 4 is 17.5 Å². The minimum absolute atomic E-state index is 0.238. The predicted molar refractivity (Wildman–Crippen MR) is 110 cm³/mol. The third kappa shape index (κ3) is 6.94. The van der Waals surface area contributed by atoms with Crippen LogP contribution < -0.4 is 10.1 Å². The van der Waals surface area contributed by atoms with Crippen molar-refractivity contribution in [3.05, 3.63) is 54.1 Å². The molecule has 29 heavy (non-hydrogen) atoms. The summed E-state index contributed by atoms with van der Waals surface area (Å²) in [5.41, 5.74) is 1.05. The number of ether oxygens (including phenoxy) is 2. The van der Waals surface area contributed by atoms with E-state index in [1.165, 1.54) is 4.90 Å². The van der Waals surface area contributed by atoms with E-state index in [1.54, 1.807) is 55.6 Å². The maximum absolute atomic E-state index is 12.5. The molecule has 0 bridgehead atoms. The normalized spacial score (nSPS) is 10.3. The standard InChI is InChI=1S/C22H25N3O4/c1-16(2)15-25(12-13-28-3)22(27)21(26)24-18-6-10-20(11-7-18)29-19-8-4-17(14-23)5-9-19/h4-11,16H,12-13,15H2,1-3H3,(H,24,26). The van der Waals surface area contributed by atoms with Crippen molar-refractivity contribution in [1.29, 1.82) is 5.26 Å². The molecular formula is C22H25N3O4. The van der Waals surface area contributed by atoms with Gasteiger partial charge in [0.15, 0.2) is 0 Å². The zero-order chi connectivity index (χ0) is 21.2. The fourth-order valence-electron chi connectivity index (χ4n) is 2.59. The summed E-state index contributed by atoms with van der Waals surface area (Å²) in [6.07, 6.45) is 0. The quantitative estimate of drug-likeness (QED) is 0.692. The Morgan fingerprint density at radius 3 is 2.17 bits per heavy atom. The van der Waals surface area contributed by atoms with Crippen LogP contribution in [0.15, 0.2) is 48.5 Å². The second kappa shape index (κ2) is 10.8. The molecular weight excluding hydrogens is 370 g/mol. The largest absolute Gasteiger partial charge is 0.457 e. The van der Waals surface area contributed by atoms with Crippen LogP contribution in [0.1, 0.15) is 19.4 Å². The maximum atomic E-state index is 12.5. The Balaban J connectivity index is 1.97. The molecule has 2 aromatic rings. The van der Waals surface area contributed by atoms with Crippen molar-refractivity contribution in [2.24, 2.45) is 5.92 Å². The van der Waals surface area contributed by atoms with E-state index in [-0.39, 0.29) is 5.92 Å². The first-order valence-electron chi connectivity index (χ1n) is 9.30. The maximum Gasteiger partial charge on any atom is 0.313 e. The Labute approximate surface area is 170 Å². The molecule has 0 aliphatic rings. The molecule has 2 amide bonds. The van der Waals surface area contributed by atoms with Crippen LogP contribution in [-0.4, -0.2) is 43.5 Å². The number of hydrogen-bond acceptors (Lipinski definition) is 5. The number of nitriles is 1. The first-order valence-corrected chi connectivity index (χ1v) is 9.30. The highest BCUT2D eigenvalue weighted by Gasteiger charge is 2.22. The molecule has 0 spiro atoms. The summed E-state index contributed by atoms with van der Waals surface area (Å²) in [6, 6.07) is 15.5. The van der Waals surface area contributed by atoms with Gasteiger partial charge in [-0.2, -0.15) is 5.26 Å². The topological polar surface area (TPSA) is 91.7 Å². The Morgan fingerprint density at radius 1 is 1.07 bits per heavy atom. The highest BCUT2D eigenvalue weighted by Crippen LogP contribution is 2.23. The molecule has 0 aromatic heterocycles. The van der Waals surface area contributed by atoms with E-state index >= 15 is 0 Å². The SMILES string of the molecule is COCCN(CC(C)C)C(=O)C(=O)Nc1ccc(Oc2ccc(C#N)cc2)cc1. The predicted octanol–water partition coefficient (Wildman–Crippen LogP) is 3.42. The van der Waals surface area contributed by atoms with Gasteiger partial charge in [0.05, 0.1) is 18.2 Å². The van der Waals surface area contributed by atoms with Crippen LogP contribution in [0.2, 0.25) is 0 Å². The van der Waals surface area contributed by atoms with Crippen molar-refractivity contribution in [2.75, 3.05) is 32.1 Å². The third-order valence-corrected chi connectivity index (χ3v) is 3.96. The lowest BCUT2D eigenvalue weighted by Gasteiger charge is -2.23. The van der Waals surface area contributed by atoms with E-state index < -0.39 is 11.8 Å². The van der Waals surface area contributed by atoms with E-state index in [0.29, 0.717) is 42.4 Å². The van der Waals surface area contributed by atoms with Gasteiger partial charge >= 0.3 is 11.8 Å². The zero-order valence-electron chi connectivity index (χ0n) is 16.8. The molecule has 0 saturated heterocycles. The molecule has 0 heterocycles. The average molecular weight is 395 g/mol. The van der Waals surface area contributed by atoms with Crippen molar-refractivity contribution in [3.63, 3.8) is 0 Å². The first-order chi connectivity index (χ1) is 13.9. The molecule has 7 nitrogen and oxygen atoms in total. The molecule has 0 aliphatic heterocycles. The van der Waals surface area contributed by atoms with Gasteiger partial charge in [0, 0.05) is 25.9 Å². The second-order valence-corrected chi connectivity index (χ2v) is 6.85. The van der Waals surface area contributed by atoms with Crippen molar-refractivity contribution < 1.29 is 19.1 Å². The summed E-state index contributed by atoms with van der Waals surface area (Å²) in [6.45, 7) is 5.17. The Bertz CT molecular complexity index is 855. The van der Waals surface area contributed by atoms with E-state index in [2.05, 4.69) is 5.32 Å². The van der Waals surface area contributed by atoms with Gasteiger partial charge in [-0.25, -0.2) is 0 Å². The molecule has 0 radical (unpaired) electrons. The summed E-state index contributed by atoms with van der Waals surface area (Å²) < 4.78 is 10.7. The number of methoxy groups -OCH3 is 1. The number of rotatable bonds is 8. The van der Waals surface area contributed by atoms with Gasteiger partial charge in [-0.15, -0.1) is 0 Å². The molecule has 2 rings (SSSR count). The molecule has 0 atom stereocenters. The number of nitrogens with one attached hydrogen (secondary N) is 1. The van der Waals surface area contributed by atoms with Gasteiger partial charge < -0.3 is 19.7 Å². The van der Waals surface area contributed by atoms with Gasteiger partial charge in [-0.3, -0.25) is 9.59 Å². The van der Waals surface area contributed by atoms with Gasteiger partial charge in [-0.05, 0) is 54.4 Å². The summed E-state index contributed by atoms with van der Waals surface area (Å²) in [5.74, 6) is 0.123. The fraction of sp³-hybridized carbons (Fsp3) is 0.318. The van der Waals surface area contributed by atoms with E-state index in [4.69, 9.17) is 14.7 Å². The molecule has 0 aliphatic carbocycles. The highest BCUT2D eigenvalue weighted by molar-refractivity contribution is 6.39. The molecule has 0 saturated carbocycles. The zero-order valence-corrected chi connectivity index (χ0v) is 16.8. The molecule has 1 N–H and O–H groups in total. The lowest BCUT2D eigenvalue weighted by atomic mass is 10.2. The number of benzene rings is 2. The van der Waals surface area contributed by atoms with Gasteiger partial charge in [0.1, 0.15) is 11.5 Å². The minimum atomic E-state index is -0.692. The Morgan fingerprint density at radius 2 is 1.66 bits per heavy atom. The number of amides is 2. The molecule has 2 aromatic carbocycles. The Kier molecular flexibility index (Phi) is 8.19. The van der Waals surface area contributed by atoms with Crippen molar-refractivity contribution in [1.82, 2.24) is 4.90 Å². The van der Waals surface area contributed by atoms with E-state index in [0.717, 1.165) is 0 Å². The van der Waals surface area contributed by atoms with E-state index in [1.807, 2.05) is 19.9 Å². The van der Waals surface area contributed by atoms with Crippen molar-refractivity contribution in [2.45, 2.75) is 13.8 Å². The monoisotopic (exact) mass is 395 g/mol. The van der Waals surface area contributed by atoms with Crippen LogP contribution in [0.3, 0.4) is 0 Å². The van der Waals surface area contributed by atoms with Gasteiger partial charge in [0.2, 0.25) is 0 Å². The van der Waals surface area contributed by atoms with Crippen LogP contribution in [0.5, 0.6) is 11.5 Å². The first kappa shape index (κ1) is 21.9. The molecule has 152 valence electrons. The smallest absolute Gasteiger partial charge is 0.313 e. The summed E-state index contributed by atoms with van der Waals surface area (Å²) in [5, 5.41) is 11.4. The molecule has 0 fully saturated rings. The van der Waals surface area contributed by atoms with Crippen LogP contribution >= 0.6 is 0 Å². The lowest BCUT2D eigenvalue weighted by molar-refractivity contribution is -0.143. The van der Waals surface area contributed by atoms with Crippen molar-refractivity contribution in [3.8, 4) is 17.6 Å². The van der Waals surface area contributed by atoms with E-state index in [9.17, 15) is 9.59 Å². The van der Waals surface area contributed by atoms with Crippen LogP contribution in [0.25, 0.3) is 0 Å². The summed E-state index contributed by atoms with van der Waals surface area (Å²) in [7, 11) is 1.56. The number of hydrogen-bond donors (Lipinski definition) is 1. The number of nitrogens with zero attached hydrogens (tertiary/aromatic N) is 2. The Hall–Kier alpha value is -3.37. The third-order valence-electron chi connectivity index (χ3n) is 3.96. The minimum Gasteiger partial charge on any atom is -0.457 e. The summed E-state index contributed by atoms with van der Waals surface area (Å²) in [4.78, 5) is 26.3. The fourth-order valence-corrected chi connectivity index (χ4v) is 2.59. The van der Waals surface area contributed by atoms with Crippen LogP contribution in [0, 0.1) is 17.2 Å². The van der Waals surface area contributed by atoms with Crippen LogP contribution in [-0.2, 0) is 14.3 Å². The highest BCUT2D eigenvalue weighted by atomic mass is 16.5.